The Labute approximate surface area is 198 Å². The van der Waals surface area contributed by atoms with Crippen LogP contribution in [0.5, 0.6) is 0 Å². The van der Waals surface area contributed by atoms with Gasteiger partial charge in [0, 0.05) is 50.5 Å². The first-order valence-electron chi connectivity index (χ1n) is 10.8. The summed E-state index contributed by atoms with van der Waals surface area (Å²) in [6.45, 7) is 5.22. The molecule has 3 aromatic rings. The fraction of sp³-hybridized carbons (Fsp3) is 0.348. The summed E-state index contributed by atoms with van der Waals surface area (Å²) in [6.07, 6.45) is 5.53. The van der Waals surface area contributed by atoms with Crippen LogP contribution >= 0.6 is 23.8 Å². The zero-order chi connectivity index (χ0) is 21.9. The molecule has 2 saturated heterocycles. The van der Waals surface area contributed by atoms with Gasteiger partial charge < -0.3 is 19.5 Å². The van der Waals surface area contributed by atoms with Crippen LogP contribution in [0.25, 0.3) is 5.82 Å². The summed E-state index contributed by atoms with van der Waals surface area (Å²) >= 11 is 11.9. The Morgan fingerprint density at radius 3 is 2.69 bits per heavy atom. The van der Waals surface area contributed by atoms with Crippen molar-refractivity contribution in [3.8, 4) is 5.82 Å². The molecule has 2 atom stereocenters. The molecular weight excluding hydrogens is 444 g/mol. The molecule has 7 nitrogen and oxygen atoms in total. The van der Waals surface area contributed by atoms with E-state index in [2.05, 4.69) is 35.7 Å². The van der Waals surface area contributed by atoms with Gasteiger partial charge in [0.1, 0.15) is 5.82 Å². The molecule has 5 heterocycles. The summed E-state index contributed by atoms with van der Waals surface area (Å²) in [7, 11) is 0. The summed E-state index contributed by atoms with van der Waals surface area (Å²) in [6, 6.07) is 13.9. The Bertz CT molecular complexity index is 1050. The average Bonchev–Trinajstić information content (AvgIpc) is 3.43. The molecule has 0 amide bonds. The summed E-state index contributed by atoms with van der Waals surface area (Å²) < 4.78 is 7.60. The number of nitrogens with zero attached hydrogens (tertiary/aromatic N) is 5. The van der Waals surface area contributed by atoms with Crippen LogP contribution in [0.4, 0.5) is 0 Å². The first kappa shape index (κ1) is 21.3. The molecule has 0 bridgehead atoms. The monoisotopic (exact) mass is 468 g/mol. The molecule has 0 unspecified atom stereocenters. The SMILES string of the molecule is S=C1N[C@@H](c2ccccn2)[C@@H](c2cccn2-c2ccc(Cl)cn2)N1CCN1CCOCC1. The van der Waals surface area contributed by atoms with Crippen molar-refractivity contribution in [2.45, 2.75) is 12.1 Å². The average molecular weight is 469 g/mol. The van der Waals surface area contributed by atoms with Gasteiger partial charge in [-0.05, 0) is 48.6 Å². The van der Waals surface area contributed by atoms with E-state index in [9.17, 15) is 0 Å². The van der Waals surface area contributed by atoms with Crippen molar-refractivity contribution < 1.29 is 4.74 Å². The maximum absolute atomic E-state index is 6.07. The highest BCUT2D eigenvalue weighted by molar-refractivity contribution is 7.80. The maximum atomic E-state index is 6.07. The zero-order valence-electron chi connectivity index (χ0n) is 17.6. The summed E-state index contributed by atoms with van der Waals surface area (Å²) in [4.78, 5) is 13.9. The summed E-state index contributed by atoms with van der Waals surface area (Å²) in [5.41, 5.74) is 2.07. The zero-order valence-corrected chi connectivity index (χ0v) is 19.2. The molecule has 2 aliphatic rings. The van der Waals surface area contributed by atoms with E-state index in [0.29, 0.717) is 5.02 Å². The van der Waals surface area contributed by atoms with E-state index >= 15 is 0 Å². The van der Waals surface area contributed by atoms with Gasteiger partial charge in [0.2, 0.25) is 0 Å². The molecule has 0 spiro atoms. The van der Waals surface area contributed by atoms with E-state index in [1.165, 1.54) is 0 Å². The van der Waals surface area contributed by atoms with Gasteiger partial charge in [-0.1, -0.05) is 17.7 Å². The van der Waals surface area contributed by atoms with E-state index in [1.54, 1.807) is 6.20 Å². The number of aromatic nitrogens is 3. The Morgan fingerprint density at radius 2 is 1.94 bits per heavy atom. The van der Waals surface area contributed by atoms with Gasteiger partial charge in [-0.3, -0.25) is 9.88 Å². The lowest BCUT2D eigenvalue weighted by atomic mass is 10.0. The van der Waals surface area contributed by atoms with Crippen molar-refractivity contribution >= 4 is 28.9 Å². The van der Waals surface area contributed by atoms with Crippen molar-refractivity contribution in [2.24, 2.45) is 0 Å². The normalized spacial score (nSPS) is 21.7. The van der Waals surface area contributed by atoms with Gasteiger partial charge in [0.05, 0.1) is 36.0 Å². The van der Waals surface area contributed by atoms with Crippen LogP contribution in [0, 0.1) is 0 Å². The Balaban J connectivity index is 1.49. The van der Waals surface area contributed by atoms with Gasteiger partial charge in [0.25, 0.3) is 0 Å². The standard InChI is InChI=1S/C23H25ClN6OS/c24-17-6-7-20(26-16-17)29-9-3-5-19(29)22-21(18-4-1-2-8-25-18)27-23(32)30(22)11-10-28-12-14-31-15-13-28/h1-9,16,21-22H,10-15H2,(H,27,32)/t21-,22+/m0/s1. The van der Waals surface area contributed by atoms with E-state index in [0.717, 1.165) is 61.7 Å². The molecule has 0 aromatic carbocycles. The topological polar surface area (TPSA) is 58.5 Å². The minimum atomic E-state index is -0.0608. The summed E-state index contributed by atoms with van der Waals surface area (Å²) in [5.74, 6) is 0.820. The number of ether oxygens (including phenoxy) is 1. The van der Waals surface area contributed by atoms with E-state index in [1.807, 2.05) is 48.8 Å². The van der Waals surface area contributed by atoms with E-state index in [-0.39, 0.29) is 12.1 Å². The van der Waals surface area contributed by atoms with E-state index < -0.39 is 0 Å². The molecule has 166 valence electrons. The van der Waals surface area contributed by atoms with Crippen molar-refractivity contribution in [3.05, 3.63) is 77.5 Å². The van der Waals surface area contributed by atoms with Gasteiger partial charge in [-0.2, -0.15) is 0 Å². The van der Waals surface area contributed by atoms with Crippen LogP contribution in [0.3, 0.4) is 0 Å². The predicted molar refractivity (Wildman–Crippen MR) is 128 cm³/mol. The van der Waals surface area contributed by atoms with Crippen LogP contribution < -0.4 is 5.32 Å². The van der Waals surface area contributed by atoms with Crippen LogP contribution in [0.15, 0.2) is 61.1 Å². The van der Waals surface area contributed by atoms with Crippen LogP contribution in [0.1, 0.15) is 23.5 Å². The lowest BCUT2D eigenvalue weighted by Gasteiger charge is -2.32. The van der Waals surface area contributed by atoms with Crippen LogP contribution in [-0.4, -0.2) is 68.8 Å². The molecule has 0 aliphatic carbocycles. The highest BCUT2D eigenvalue weighted by atomic mass is 35.5. The first-order valence-corrected chi connectivity index (χ1v) is 11.6. The van der Waals surface area contributed by atoms with Crippen molar-refractivity contribution in [2.75, 3.05) is 39.4 Å². The van der Waals surface area contributed by atoms with Crippen molar-refractivity contribution in [1.82, 2.24) is 29.7 Å². The Kier molecular flexibility index (Phi) is 6.36. The third kappa shape index (κ3) is 4.36. The predicted octanol–water partition coefficient (Wildman–Crippen LogP) is 3.23. The van der Waals surface area contributed by atoms with Gasteiger partial charge in [0.15, 0.2) is 5.11 Å². The minimum Gasteiger partial charge on any atom is -0.379 e. The number of hydrogen-bond acceptors (Lipinski definition) is 5. The first-order chi connectivity index (χ1) is 15.7. The molecule has 1 N–H and O–H groups in total. The molecule has 2 fully saturated rings. The van der Waals surface area contributed by atoms with Crippen LogP contribution in [0.2, 0.25) is 5.02 Å². The number of thiocarbonyl (C=S) groups is 1. The number of morpholine rings is 1. The minimum absolute atomic E-state index is 0.0223. The largest absolute Gasteiger partial charge is 0.379 e. The summed E-state index contributed by atoms with van der Waals surface area (Å²) in [5, 5.41) is 4.89. The quantitative estimate of drug-likeness (QED) is 0.557. The molecular formula is C23H25ClN6OS. The second kappa shape index (κ2) is 9.54. The molecule has 9 heteroatoms. The molecule has 5 rings (SSSR count). The second-order valence-electron chi connectivity index (χ2n) is 7.91. The Hall–Kier alpha value is -2.52. The fourth-order valence-corrected chi connectivity index (χ4v) is 4.84. The Morgan fingerprint density at radius 1 is 1.06 bits per heavy atom. The van der Waals surface area contributed by atoms with Gasteiger partial charge in [-0.25, -0.2) is 4.98 Å². The van der Waals surface area contributed by atoms with Gasteiger partial charge >= 0.3 is 0 Å². The third-order valence-electron chi connectivity index (χ3n) is 6.00. The third-order valence-corrected chi connectivity index (χ3v) is 6.58. The highest BCUT2D eigenvalue weighted by Crippen LogP contribution is 2.39. The smallest absolute Gasteiger partial charge is 0.170 e. The van der Waals surface area contributed by atoms with E-state index in [4.69, 9.17) is 28.6 Å². The lowest BCUT2D eigenvalue weighted by Crippen LogP contribution is -2.42. The number of rotatable bonds is 6. The fourth-order valence-electron chi connectivity index (χ4n) is 4.40. The molecule has 2 aliphatic heterocycles. The van der Waals surface area contributed by atoms with Gasteiger partial charge in [-0.15, -0.1) is 0 Å². The lowest BCUT2D eigenvalue weighted by molar-refractivity contribution is 0.0349. The molecule has 32 heavy (non-hydrogen) atoms. The highest BCUT2D eigenvalue weighted by Gasteiger charge is 2.41. The number of pyridine rings is 2. The molecule has 3 aromatic heterocycles. The van der Waals surface area contributed by atoms with Crippen molar-refractivity contribution in [1.29, 1.82) is 0 Å². The molecule has 0 saturated carbocycles. The number of nitrogens with one attached hydrogen (secondary N) is 1. The second-order valence-corrected chi connectivity index (χ2v) is 8.73. The molecule has 0 radical (unpaired) electrons. The van der Waals surface area contributed by atoms with Crippen LogP contribution in [-0.2, 0) is 4.74 Å². The van der Waals surface area contributed by atoms with Crippen molar-refractivity contribution in [3.63, 3.8) is 0 Å². The number of halogens is 1. The maximum Gasteiger partial charge on any atom is 0.170 e. The number of hydrogen-bond donors (Lipinski definition) is 1.